The third-order valence-corrected chi connectivity index (χ3v) is 4.07. The molecule has 2 amide bonds. The summed E-state index contributed by atoms with van der Waals surface area (Å²) in [6.07, 6.45) is 1.60. The van der Waals surface area contributed by atoms with E-state index in [1.807, 2.05) is 41.3 Å². The van der Waals surface area contributed by atoms with Crippen LogP contribution in [0.25, 0.3) is 0 Å². The summed E-state index contributed by atoms with van der Waals surface area (Å²) in [5.74, 6) is 0.753. The molecule has 0 spiro atoms. The normalized spacial score (nSPS) is 15.0. The molecule has 0 unspecified atom stereocenters. The SMILES string of the molecule is O=C(NCc1ccco1)N1CCN(c2ccccc2Cl)CC1. The van der Waals surface area contributed by atoms with E-state index in [0.29, 0.717) is 19.6 Å². The Bertz CT molecular complexity index is 622. The molecule has 1 fully saturated rings. The standard InChI is InChI=1S/C16H18ClN3O2/c17-14-5-1-2-6-15(14)19-7-9-20(10-8-19)16(21)18-12-13-4-3-11-22-13/h1-6,11H,7-10,12H2,(H,18,21). The molecule has 1 aliphatic rings. The number of carbonyl (C=O) groups is 1. The minimum Gasteiger partial charge on any atom is -0.467 e. The Hall–Kier alpha value is -2.14. The fourth-order valence-electron chi connectivity index (χ4n) is 2.55. The van der Waals surface area contributed by atoms with E-state index in [9.17, 15) is 4.79 Å². The van der Waals surface area contributed by atoms with Gasteiger partial charge in [-0.1, -0.05) is 23.7 Å². The molecule has 0 atom stereocenters. The molecule has 116 valence electrons. The van der Waals surface area contributed by atoms with Gasteiger partial charge in [0.2, 0.25) is 0 Å². The van der Waals surface area contributed by atoms with E-state index < -0.39 is 0 Å². The first-order valence-electron chi connectivity index (χ1n) is 7.28. The lowest BCUT2D eigenvalue weighted by Crippen LogP contribution is -2.51. The zero-order valence-corrected chi connectivity index (χ0v) is 12.9. The second-order valence-corrected chi connectivity index (χ2v) is 5.57. The van der Waals surface area contributed by atoms with Crippen molar-refractivity contribution in [3.8, 4) is 0 Å². The van der Waals surface area contributed by atoms with Crippen molar-refractivity contribution in [2.45, 2.75) is 6.54 Å². The molecule has 1 aromatic carbocycles. The number of rotatable bonds is 3. The summed E-state index contributed by atoms with van der Waals surface area (Å²) in [6, 6.07) is 11.4. The lowest BCUT2D eigenvalue weighted by molar-refractivity contribution is 0.193. The number of anilines is 1. The highest BCUT2D eigenvalue weighted by atomic mass is 35.5. The van der Waals surface area contributed by atoms with Gasteiger partial charge in [0, 0.05) is 26.2 Å². The van der Waals surface area contributed by atoms with Crippen LogP contribution in [0.1, 0.15) is 5.76 Å². The average Bonchev–Trinajstić information content (AvgIpc) is 3.07. The average molecular weight is 320 g/mol. The van der Waals surface area contributed by atoms with Gasteiger partial charge in [0.05, 0.1) is 23.5 Å². The maximum atomic E-state index is 12.1. The van der Waals surface area contributed by atoms with Crippen LogP contribution < -0.4 is 10.2 Å². The number of para-hydroxylation sites is 1. The molecule has 22 heavy (non-hydrogen) atoms. The Morgan fingerprint density at radius 2 is 1.91 bits per heavy atom. The largest absolute Gasteiger partial charge is 0.467 e. The number of piperazine rings is 1. The molecule has 0 aliphatic carbocycles. The Morgan fingerprint density at radius 1 is 1.14 bits per heavy atom. The Labute approximate surface area is 134 Å². The van der Waals surface area contributed by atoms with Crippen LogP contribution in [0.15, 0.2) is 47.1 Å². The summed E-state index contributed by atoms with van der Waals surface area (Å²) < 4.78 is 5.20. The molecular weight excluding hydrogens is 302 g/mol. The van der Waals surface area contributed by atoms with E-state index in [2.05, 4.69) is 10.2 Å². The highest BCUT2D eigenvalue weighted by molar-refractivity contribution is 6.33. The van der Waals surface area contributed by atoms with Crippen molar-refractivity contribution in [1.29, 1.82) is 0 Å². The van der Waals surface area contributed by atoms with Crippen molar-refractivity contribution in [3.05, 3.63) is 53.4 Å². The zero-order valence-electron chi connectivity index (χ0n) is 12.2. The molecule has 1 aromatic heterocycles. The third-order valence-electron chi connectivity index (χ3n) is 3.75. The summed E-state index contributed by atoms with van der Waals surface area (Å²) in [7, 11) is 0. The predicted molar refractivity (Wildman–Crippen MR) is 86.2 cm³/mol. The van der Waals surface area contributed by atoms with Gasteiger partial charge in [0.15, 0.2) is 0 Å². The number of furan rings is 1. The number of hydrogen-bond donors (Lipinski definition) is 1. The molecule has 1 N–H and O–H groups in total. The van der Waals surface area contributed by atoms with Gasteiger partial charge in [-0.2, -0.15) is 0 Å². The number of nitrogens with zero attached hydrogens (tertiary/aromatic N) is 2. The number of carbonyl (C=O) groups excluding carboxylic acids is 1. The quantitative estimate of drug-likeness (QED) is 0.946. The van der Waals surface area contributed by atoms with E-state index in [1.165, 1.54) is 0 Å². The molecule has 2 heterocycles. The van der Waals surface area contributed by atoms with Crippen LogP contribution in [0.4, 0.5) is 10.5 Å². The second-order valence-electron chi connectivity index (χ2n) is 5.16. The van der Waals surface area contributed by atoms with E-state index >= 15 is 0 Å². The molecule has 1 saturated heterocycles. The van der Waals surface area contributed by atoms with Gasteiger partial charge in [-0.25, -0.2) is 4.79 Å². The maximum absolute atomic E-state index is 12.1. The third kappa shape index (κ3) is 3.36. The van der Waals surface area contributed by atoms with Crippen LogP contribution in [0.3, 0.4) is 0 Å². The van der Waals surface area contributed by atoms with Crippen LogP contribution in [0.2, 0.25) is 5.02 Å². The van der Waals surface area contributed by atoms with Gasteiger partial charge in [-0.15, -0.1) is 0 Å². The van der Waals surface area contributed by atoms with Crippen LogP contribution >= 0.6 is 11.6 Å². The molecule has 0 saturated carbocycles. The fraction of sp³-hybridized carbons (Fsp3) is 0.312. The molecule has 0 radical (unpaired) electrons. The van der Waals surface area contributed by atoms with Crippen molar-refractivity contribution in [2.24, 2.45) is 0 Å². The van der Waals surface area contributed by atoms with Crippen LogP contribution in [0.5, 0.6) is 0 Å². The number of urea groups is 1. The summed E-state index contributed by atoms with van der Waals surface area (Å²) in [5, 5.41) is 3.62. The smallest absolute Gasteiger partial charge is 0.317 e. The number of benzene rings is 1. The molecule has 6 heteroatoms. The predicted octanol–water partition coefficient (Wildman–Crippen LogP) is 2.96. The van der Waals surface area contributed by atoms with Crippen LogP contribution in [-0.2, 0) is 6.54 Å². The summed E-state index contributed by atoms with van der Waals surface area (Å²) in [4.78, 5) is 16.2. The van der Waals surface area contributed by atoms with Gasteiger partial charge in [0.1, 0.15) is 5.76 Å². The molecule has 3 rings (SSSR count). The summed E-state index contributed by atoms with van der Waals surface area (Å²) in [5.41, 5.74) is 1.03. The van der Waals surface area contributed by atoms with Crippen molar-refractivity contribution in [1.82, 2.24) is 10.2 Å². The van der Waals surface area contributed by atoms with Crippen LogP contribution in [-0.4, -0.2) is 37.1 Å². The van der Waals surface area contributed by atoms with Gasteiger partial charge < -0.3 is 19.5 Å². The van der Waals surface area contributed by atoms with Crippen molar-refractivity contribution in [3.63, 3.8) is 0 Å². The summed E-state index contributed by atoms with van der Waals surface area (Å²) in [6.45, 7) is 3.32. The van der Waals surface area contributed by atoms with Crippen LogP contribution in [0, 0.1) is 0 Å². The first kappa shape index (κ1) is 14.8. The molecule has 0 bridgehead atoms. The molecule has 2 aromatic rings. The second kappa shape index (κ2) is 6.75. The van der Waals surface area contributed by atoms with E-state index in [4.69, 9.17) is 16.0 Å². The van der Waals surface area contributed by atoms with Gasteiger partial charge in [-0.05, 0) is 24.3 Å². The number of amides is 2. The van der Waals surface area contributed by atoms with Gasteiger partial charge in [0.25, 0.3) is 0 Å². The number of hydrogen-bond acceptors (Lipinski definition) is 3. The molecule has 5 nitrogen and oxygen atoms in total. The van der Waals surface area contributed by atoms with Gasteiger partial charge in [-0.3, -0.25) is 0 Å². The van der Waals surface area contributed by atoms with Gasteiger partial charge >= 0.3 is 6.03 Å². The van der Waals surface area contributed by atoms with Crippen molar-refractivity contribution in [2.75, 3.05) is 31.1 Å². The lowest BCUT2D eigenvalue weighted by atomic mass is 10.2. The summed E-state index contributed by atoms with van der Waals surface area (Å²) >= 11 is 6.22. The Balaban J connectivity index is 1.51. The number of nitrogens with one attached hydrogen (secondary N) is 1. The first-order valence-corrected chi connectivity index (χ1v) is 7.66. The topological polar surface area (TPSA) is 48.7 Å². The highest BCUT2D eigenvalue weighted by Crippen LogP contribution is 2.25. The van der Waals surface area contributed by atoms with E-state index in [0.717, 1.165) is 29.6 Å². The minimum absolute atomic E-state index is 0.0600. The lowest BCUT2D eigenvalue weighted by Gasteiger charge is -2.36. The minimum atomic E-state index is -0.0600. The molecule has 1 aliphatic heterocycles. The Morgan fingerprint density at radius 3 is 2.59 bits per heavy atom. The maximum Gasteiger partial charge on any atom is 0.317 e. The highest BCUT2D eigenvalue weighted by Gasteiger charge is 2.22. The first-order chi connectivity index (χ1) is 10.7. The van der Waals surface area contributed by atoms with Crippen molar-refractivity contribution < 1.29 is 9.21 Å². The zero-order chi connectivity index (χ0) is 15.4. The monoisotopic (exact) mass is 319 g/mol. The Kier molecular flexibility index (Phi) is 4.53. The van der Waals surface area contributed by atoms with E-state index in [-0.39, 0.29) is 6.03 Å². The number of halogens is 1. The van der Waals surface area contributed by atoms with E-state index in [1.54, 1.807) is 6.26 Å². The van der Waals surface area contributed by atoms with Crippen molar-refractivity contribution >= 4 is 23.3 Å². The molecular formula is C16H18ClN3O2. The fourth-order valence-corrected chi connectivity index (χ4v) is 2.80.